The summed E-state index contributed by atoms with van der Waals surface area (Å²) in [5, 5.41) is 0. The summed E-state index contributed by atoms with van der Waals surface area (Å²) in [5.74, 6) is 0.545. The van der Waals surface area contributed by atoms with Gasteiger partial charge in [0.2, 0.25) is 0 Å². The normalized spacial score (nSPS) is 37.6. The van der Waals surface area contributed by atoms with Gasteiger partial charge in [0.25, 0.3) is 0 Å². The van der Waals surface area contributed by atoms with E-state index in [0.29, 0.717) is 5.92 Å². The van der Waals surface area contributed by atoms with Crippen molar-refractivity contribution in [3.05, 3.63) is 35.9 Å². The van der Waals surface area contributed by atoms with E-state index < -0.39 is 5.41 Å². The zero-order valence-corrected chi connectivity index (χ0v) is 15.2. The Morgan fingerprint density at radius 1 is 1.08 bits per heavy atom. The minimum absolute atomic E-state index is 0.00740. The Balaban J connectivity index is 1.55. The summed E-state index contributed by atoms with van der Waals surface area (Å²) in [7, 11) is 1.77. The molecule has 0 amide bonds. The lowest BCUT2D eigenvalue weighted by molar-refractivity contribution is -0.168. The second-order valence-corrected chi connectivity index (χ2v) is 7.96. The van der Waals surface area contributed by atoms with Gasteiger partial charge in [0.05, 0.1) is 11.5 Å². The lowest BCUT2D eigenvalue weighted by atomic mass is 9.68. The van der Waals surface area contributed by atoms with Crippen LogP contribution in [0.1, 0.15) is 44.1 Å². The molecule has 1 saturated carbocycles. The first-order valence-electron chi connectivity index (χ1n) is 9.73. The lowest BCUT2D eigenvalue weighted by Gasteiger charge is -2.46. The van der Waals surface area contributed by atoms with Crippen LogP contribution in [0.5, 0.6) is 0 Å². The molecular weight excluding hydrogens is 314 g/mol. The maximum atomic E-state index is 13.4. The van der Waals surface area contributed by atoms with E-state index in [1.807, 2.05) is 18.2 Å². The van der Waals surface area contributed by atoms with Crippen molar-refractivity contribution in [1.82, 2.24) is 4.90 Å². The van der Waals surface area contributed by atoms with Crippen molar-refractivity contribution in [2.45, 2.75) is 56.1 Å². The Labute approximate surface area is 150 Å². The van der Waals surface area contributed by atoms with E-state index in [1.165, 1.54) is 12.8 Å². The van der Waals surface area contributed by atoms with Crippen LogP contribution in [0.2, 0.25) is 0 Å². The second-order valence-electron chi connectivity index (χ2n) is 7.96. The van der Waals surface area contributed by atoms with E-state index >= 15 is 0 Å². The number of fused-ring (bicyclic) bond motifs is 3. The summed E-state index contributed by atoms with van der Waals surface area (Å²) in [4.78, 5) is 15.8. The van der Waals surface area contributed by atoms with Crippen molar-refractivity contribution in [3.63, 3.8) is 0 Å². The SMILES string of the molecule is COC1CCC(C(=O)OC2CN3CCC2CC3)(c2ccccc2)CC1. The van der Waals surface area contributed by atoms with Crippen molar-refractivity contribution in [2.75, 3.05) is 26.7 Å². The number of methoxy groups -OCH3 is 1. The average Bonchev–Trinajstić information content (AvgIpc) is 2.69. The Kier molecular flexibility index (Phi) is 4.83. The molecule has 3 saturated heterocycles. The summed E-state index contributed by atoms with van der Waals surface area (Å²) in [5.41, 5.74) is 0.610. The third-order valence-corrected chi connectivity index (χ3v) is 6.69. The molecule has 3 heterocycles. The van der Waals surface area contributed by atoms with E-state index in [0.717, 1.165) is 50.9 Å². The maximum Gasteiger partial charge on any atom is 0.316 e. The maximum absolute atomic E-state index is 13.4. The highest BCUT2D eigenvalue weighted by Crippen LogP contribution is 2.42. The minimum Gasteiger partial charge on any atom is -0.460 e. The molecule has 2 bridgehead atoms. The smallest absolute Gasteiger partial charge is 0.316 e. The Bertz CT molecular complexity index is 586. The molecule has 1 atom stereocenters. The van der Waals surface area contributed by atoms with Crippen molar-refractivity contribution >= 4 is 5.97 Å². The highest BCUT2D eigenvalue weighted by Gasteiger charge is 2.47. The van der Waals surface area contributed by atoms with Crippen molar-refractivity contribution in [3.8, 4) is 0 Å². The first kappa shape index (κ1) is 17.0. The fourth-order valence-electron chi connectivity index (χ4n) is 4.98. The molecule has 0 N–H and O–H groups in total. The van der Waals surface area contributed by atoms with Gasteiger partial charge in [-0.3, -0.25) is 9.69 Å². The van der Waals surface area contributed by atoms with Gasteiger partial charge in [0.15, 0.2) is 0 Å². The molecule has 4 nitrogen and oxygen atoms in total. The molecule has 4 fully saturated rings. The summed E-state index contributed by atoms with van der Waals surface area (Å²) in [6.45, 7) is 3.25. The summed E-state index contributed by atoms with van der Waals surface area (Å²) >= 11 is 0. The third-order valence-electron chi connectivity index (χ3n) is 6.69. The minimum atomic E-state index is -0.498. The average molecular weight is 343 g/mol. The molecule has 136 valence electrons. The zero-order chi connectivity index (χ0) is 17.3. The van der Waals surface area contributed by atoms with Gasteiger partial charge in [0.1, 0.15) is 6.10 Å². The molecule has 1 aromatic carbocycles. The topological polar surface area (TPSA) is 38.8 Å². The van der Waals surface area contributed by atoms with Crippen LogP contribution < -0.4 is 0 Å². The monoisotopic (exact) mass is 343 g/mol. The van der Waals surface area contributed by atoms with Gasteiger partial charge in [0, 0.05) is 13.7 Å². The number of rotatable bonds is 4. The second kappa shape index (κ2) is 7.08. The molecule has 4 heteroatoms. The molecule has 1 unspecified atom stereocenters. The fourth-order valence-corrected chi connectivity index (χ4v) is 4.98. The largest absolute Gasteiger partial charge is 0.460 e. The molecule has 3 aliphatic heterocycles. The van der Waals surface area contributed by atoms with E-state index in [1.54, 1.807) is 7.11 Å². The number of esters is 1. The summed E-state index contributed by atoms with van der Waals surface area (Å²) in [6, 6.07) is 10.2. The third kappa shape index (κ3) is 3.22. The van der Waals surface area contributed by atoms with Crippen LogP contribution in [0.3, 0.4) is 0 Å². The molecule has 0 aromatic heterocycles. The fraction of sp³-hybridized carbons (Fsp3) is 0.667. The van der Waals surface area contributed by atoms with E-state index in [2.05, 4.69) is 17.0 Å². The molecular formula is C21H29NO3. The molecule has 0 radical (unpaired) electrons. The summed E-state index contributed by atoms with van der Waals surface area (Å²) in [6.07, 6.45) is 6.15. The number of benzene rings is 1. The van der Waals surface area contributed by atoms with Crippen LogP contribution in [-0.2, 0) is 19.7 Å². The summed E-state index contributed by atoms with van der Waals surface area (Å²) < 4.78 is 11.7. The number of hydrogen-bond acceptors (Lipinski definition) is 4. The van der Waals surface area contributed by atoms with Gasteiger partial charge in [-0.2, -0.15) is 0 Å². The number of piperidine rings is 3. The van der Waals surface area contributed by atoms with Crippen LogP contribution in [0.15, 0.2) is 30.3 Å². The zero-order valence-electron chi connectivity index (χ0n) is 15.2. The molecule has 1 aromatic rings. The van der Waals surface area contributed by atoms with Crippen LogP contribution in [0.4, 0.5) is 0 Å². The van der Waals surface area contributed by atoms with Gasteiger partial charge >= 0.3 is 5.97 Å². The van der Waals surface area contributed by atoms with Gasteiger partial charge in [-0.25, -0.2) is 0 Å². The number of carbonyl (C=O) groups is 1. The number of hydrogen-bond donors (Lipinski definition) is 0. The Hall–Kier alpha value is -1.39. The first-order chi connectivity index (χ1) is 12.2. The molecule has 1 aliphatic carbocycles. The van der Waals surface area contributed by atoms with Crippen LogP contribution in [0.25, 0.3) is 0 Å². The molecule has 25 heavy (non-hydrogen) atoms. The van der Waals surface area contributed by atoms with E-state index in [4.69, 9.17) is 9.47 Å². The van der Waals surface area contributed by atoms with Crippen molar-refractivity contribution < 1.29 is 14.3 Å². The van der Waals surface area contributed by atoms with Gasteiger partial charge < -0.3 is 9.47 Å². The standard InChI is InChI=1S/C21H29NO3/c1-24-18-7-11-21(12-8-18,17-5-3-2-4-6-17)20(23)25-19-15-22-13-9-16(19)10-14-22/h2-6,16,18-19H,7-15H2,1H3. The van der Waals surface area contributed by atoms with Crippen LogP contribution >= 0.6 is 0 Å². The highest BCUT2D eigenvalue weighted by molar-refractivity contribution is 5.83. The lowest BCUT2D eigenvalue weighted by Crippen LogP contribution is -2.54. The molecule has 0 spiro atoms. The first-order valence-corrected chi connectivity index (χ1v) is 9.73. The van der Waals surface area contributed by atoms with E-state index in [-0.39, 0.29) is 18.2 Å². The Morgan fingerprint density at radius 3 is 2.32 bits per heavy atom. The molecule has 5 rings (SSSR count). The quantitative estimate of drug-likeness (QED) is 0.787. The number of carbonyl (C=O) groups excluding carboxylic acids is 1. The van der Waals surface area contributed by atoms with Gasteiger partial charge in [-0.05, 0) is 63.1 Å². The van der Waals surface area contributed by atoms with Crippen LogP contribution in [-0.4, -0.2) is 49.8 Å². The van der Waals surface area contributed by atoms with E-state index in [9.17, 15) is 4.79 Å². The Morgan fingerprint density at radius 2 is 1.76 bits per heavy atom. The van der Waals surface area contributed by atoms with Gasteiger partial charge in [-0.1, -0.05) is 30.3 Å². The predicted molar refractivity (Wildman–Crippen MR) is 96.4 cm³/mol. The van der Waals surface area contributed by atoms with Crippen molar-refractivity contribution in [2.24, 2.45) is 5.92 Å². The van der Waals surface area contributed by atoms with Crippen molar-refractivity contribution in [1.29, 1.82) is 0 Å². The van der Waals surface area contributed by atoms with Gasteiger partial charge in [-0.15, -0.1) is 0 Å². The predicted octanol–water partition coefficient (Wildman–Crippen LogP) is 3.15. The van der Waals surface area contributed by atoms with Crippen LogP contribution in [0, 0.1) is 5.92 Å². The number of nitrogens with zero attached hydrogens (tertiary/aromatic N) is 1. The number of ether oxygens (including phenoxy) is 2. The molecule has 4 aliphatic rings. The highest BCUT2D eigenvalue weighted by atomic mass is 16.5.